The van der Waals surface area contributed by atoms with Crippen molar-refractivity contribution >= 4 is 11.9 Å². The molecule has 3 amide bonds. The third kappa shape index (κ3) is 6.75. The Balaban J connectivity index is 1.85. The molecule has 4 N–H and O–H groups in total. The first-order valence-corrected chi connectivity index (χ1v) is 9.22. The zero-order valence-electron chi connectivity index (χ0n) is 16.0. The van der Waals surface area contributed by atoms with Gasteiger partial charge in [0.25, 0.3) is 5.91 Å². The Labute approximate surface area is 160 Å². The average Bonchev–Trinajstić information content (AvgIpc) is 2.70. The van der Waals surface area contributed by atoms with E-state index in [-0.39, 0.29) is 5.91 Å². The molecule has 0 aliphatic rings. The van der Waals surface area contributed by atoms with Crippen molar-refractivity contribution in [2.45, 2.75) is 33.5 Å². The first kappa shape index (κ1) is 20.5. The van der Waals surface area contributed by atoms with Gasteiger partial charge in [0.2, 0.25) is 0 Å². The maximum atomic E-state index is 12.3. The molecule has 0 heterocycles. The number of primary amides is 1. The van der Waals surface area contributed by atoms with Gasteiger partial charge in [-0.3, -0.25) is 9.69 Å². The van der Waals surface area contributed by atoms with Crippen molar-refractivity contribution in [2.75, 3.05) is 13.1 Å². The van der Waals surface area contributed by atoms with Crippen molar-refractivity contribution in [2.24, 2.45) is 5.73 Å². The van der Waals surface area contributed by atoms with Crippen molar-refractivity contribution in [3.63, 3.8) is 0 Å². The molecule has 0 saturated heterocycles. The number of hydrogen-bond donors (Lipinski definition) is 3. The summed E-state index contributed by atoms with van der Waals surface area (Å²) >= 11 is 0. The van der Waals surface area contributed by atoms with E-state index in [9.17, 15) is 9.59 Å². The van der Waals surface area contributed by atoms with Gasteiger partial charge in [0.1, 0.15) is 0 Å². The second kappa shape index (κ2) is 10.3. The summed E-state index contributed by atoms with van der Waals surface area (Å²) < 4.78 is 0. The lowest BCUT2D eigenvalue weighted by Crippen LogP contribution is -2.28. The van der Waals surface area contributed by atoms with Crippen LogP contribution >= 0.6 is 0 Å². The minimum Gasteiger partial charge on any atom is -0.352 e. The Morgan fingerprint density at radius 2 is 1.30 bits per heavy atom. The Morgan fingerprint density at radius 3 is 1.81 bits per heavy atom. The van der Waals surface area contributed by atoms with E-state index in [1.54, 1.807) is 24.3 Å². The molecule has 6 heteroatoms. The number of rotatable bonds is 9. The van der Waals surface area contributed by atoms with Gasteiger partial charge in [0, 0.05) is 25.2 Å². The maximum absolute atomic E-state index is 12.3. The maximum Gasteiger partial charge on any atom is 0.312 e. The van der Waals surface area contributed by atoms with Gasteiger partial charge in [-0.25, -0.2) is 4.79 Å². The minimum absolute atomic E-state index is 0.128. The van der Waals surface area contributed by atoms with Crippen LogP contribution in [0.15, 0.2) is 48.5 Å². The first-order chi connectivity index (χ1) is 13.0. The summed E-state index contributed by atoms with van der Waals surface area (Å²) in [6.07, 6.45) is 0. The molecular formula is C21H28N4O2. The predicted octanol–water partition coefficient (Wildman–Crippen LogP) is 2.63. The Kier molecular flexibility index (Phi) is 7.82. The van der Waals surface area contributed by atoms with Crippen LogP contribution in [0.5, 0.6) is 0 Å². The zero-order valence-corrected chi connectivity index (χ0v) is 16.0. The summed E-state index contributed by atoms with van der Waals surface area (Å²) in [6.45, 7) is 8.16. The van der Waals surface area contributed by atoms with Gasteiger partial charge in [-0.05, 0) is 41.9 Å². The number of nitrogens with two attached hydrogens (primary N) is 1. The van der Waals surface area contributed by atoms with Gasteiger partial charge < -0.3 is 16.4 Å². The molecule has 0 radical (unpaired) electrons. The normalized spacial score (nSPS) is 10.6. The molecule has 0 unspecified atom stereocenters. The molecular weight excluding hydrogens is 340 g/mol. The molecule has 0 atom stereocenters. The van der Waals surface area contributed by atoms with Crippen molar-refractivity contribution in [1.82, 2.24) is 15.5 Å². The largest absolute Gasteiger partial charge is 0.352 e. The van der Waals surface area contributed by atoms with E-state index in [1.807, 2.05) is 0 Å². The van der Waals surface area contributed by atoms with Crippen molar-refractivity contribution < 1.29 is 9.59 Å². The number of carbonyl (C=O) groups excluding carboxylic acids is 2. The van der Waals surface area contributed by atoms with E-state index >= 15 is 0 Å². The van der Waals surface area contributed by atoms with Crippen LogP contribution in [-0.2, 0) is 19.6 Å². The third-order valence-corrected chi connectivity index (χ3v) is 4.46. The summed E-state index contributed by atoms with van der Waals surface area (Å²) in [6, 6.07) is 14.8. The number of amides is 3. The SMILES string of the molecule is CCN(CC)Cc1ccc(CNC(=O)c2ccc(CNC(N)=O)cc2)cc1. The van der Waals surface area contributed by atoms with Crippen LogP contribution < -0.4 is 16.4 Å². The number of benzene rings is 2. The van der Waals surface area contributed by atoms with Gasteiger partial charge in [0.15, 0.2) is 0 Å². The Hall–Kier alpha value is -2.86. The average molecular weight is 368 g/mol. The van der Waals surface area contributed by atoms with E-state index < -0.39 is 6.03 Å². The van der Waals surface area contributed by atoms with Gasteiger partial charge in [-0.15, -0.1) is 0 Å². The summed E-state index contributed by atoms with van der Waals surface area (Å²) in [4.78, 5) is 25.4. The number of carbonyl (C=O) groups is 2. The van der Waals surface area contributed by atoms with Crippen molar-refractivity contribution in [3.8, 4) is 0 Å². The summed E-state index contributed by atoms with van der Waals surface area (Å²) in [5.74, 6) is -0.128. The van der Waals surface area contributed by atoms with Crippen LogP contribution in [0.25, 0.3) is 0 Å². The van der Waals surface area contributed by atoms with E-state index in [0.29, 0.717) is 18.7 Å². The van der Waals surface area contributed by atoms with E-state index in [4.69, 9.17) is 5.73 Å². The fourth-order valence-electron chi connectivity index (χ4n) is 2.72. The molecule has 144 valence electrons. The molecule has 0 saturated carbocycles. The van der Waals surface area contributed by atoms with E-state index in [2.05, 4.69) is 53.6 Å². The molecule has 2 aromatic carbocycles. The van der Waals surface area contributed by atoms with Gasteiger partial charge in [-0.1, -0.05) is 50.2 Å². The topological polar surface area (TPSA) is 87.5 Å². The monoisotopic (exact) mass is 368 g/mol. The molecule has 0 aromatic heterocycles. The molecule has 2 aromatic rings. The summed E-state index contributed by atoms with van der Waals surface area (Å²) in [5.41, 5.74) is 8.84. The second-order valence-corrected chi connectivity index (χ2v) is 6.38. The van der Waals surface area contributed by atoms with Gasteiger partial charge in [0.05, 0.1) is 0 Å². The fraction of sp³-hybridized carbons (Fsp3) is 0.333. The molecule has 0 bridgehead atoms. The number of nitrogens with one attached hydrogen (secondary N) is 2. The number of nitrogens with zero attached hydrogens (tertiary/aromatic N) is 1. The Bertz CT molecular complexity index is 738. The second-order valence-electron chi connectivity index (χ2n) is 6.38. The quantitative estimate of drug-likeness (QED) is 0.636. The van der Waals surface area contributed by atoms with Crippen LogP contribution in [0.2, 0.25) is 0 Å². The van der Waals surface area contributed by atoms with Crippen LogP contribution in [0.1, 0.15) is 40.9 Å². The van der Waals surface area contributed by atoms with Crippen LogP contribution in [-0.4, -0.2) is 29.9 Å². The number of hydrogen-bond acceptors (Lipinski definition) is 3. The summed E-state index contributed by atoms with van der Waals surface area (Å²) in [5, 5.41) is 5.44. The minimum atomic E-state index is -0.570. The van der Waals surface area contributed by atoms with E-state index in [0.717, 1.165) is 30.8 Å². The highest BCUT2D eigenvalue weighted by atomic mass is 16.2. The van der Waals surface area contributed by atoms with Gasteiger partial charge >= 0.3 is 6.03 Å². The van der Waals surface area contributed by atoms with Gasteiger partial charge in [-0.2, -0.15) is 0 Å². The molecule has 27 heavy (non-hydrogen) atoms. The lowest BCUT2D eigenvalue weighted by atomic mass is 10.1. The van der Waals surface area contributed by atoms with Crippen molar-refractivity contribution in [1.29, 1.82) is 0 Å². The number of urea groups is 1. The Morgan fingerprint density at radius 1 is 0.815 bits per heavy atom. The summed E-state index contributed by atoms with van der Waals surface area (Å²) in [7, 11) is 0. The molecule has 0 aliphatic heterocycles. The smallest absolute Gasteiger partial charge is 0.312 e. The highest BCUT2D eigenvalue weighted by molar-refractivity contribution is 5.94. The standard InChI is InChI=1S/C21H28N4O2/c1-3-25(4-2)15-18-7-5-16(6-8-18)13-23-20(26)19-11-9-17(10-12-19)14-24-21(22)27/h5-12H,3-4,13-15H2,1-2H3,(H,23,26)(H3,22,24,27). The highest BCUT2D eigenvalue weighted by Crippen LogP contribution is 2.09. The van der Waals surface area contributed by atoms with Crippen LogP contribution in [0.3, 0.4) is 0 Å². The zero-order chi connectivity index (χ0) is 19.6. The predicted molar refractivity (Wildman–Crippen MR) is 107 cm³/mol. The molecule has 0 spiro atoms. The third-order valence-electron chi connectivity index (χ3n) is 4.46. The lowest BCUT2D eigenvalue weighted by molar-refractivity contribution is 0.0951. The molecule has 6 nitrogen and oxygen atoms in total. The van der Waals surface area contributed by atoms with Crippen LogP contribution in [0.4, 0.5) is 4.79 Å². The van der Waals surface area contributed by atoms with Crippen LogP contribution in [0, 0.1) is 0 Å². The first-order valence-electron chi connectivity index (χ1n) is 9.22. The van der Waals surface area contributed by atoms with E-state index in [1.165, 1.54) is 5.56 Å². The molecule has 0 fully saturated rings. The highest BCUT2D eigenvalue weighted by Gasteiger charge is 2.06. The van der Waals surface area contributed by atoms with Crippen molar-refractivity contribution in [3.05, 3.63) is 70.8 Å². The molecule has 0 aliphatic carbocycles. The lowest BCUT2D eigenvalue weighted by Gasteiger charge is -2.18. The fourth-order valence-corrected chi connectivity index (χ4v) is 2.72. The molecule has 2 rings (SSSR count).